The van der Waals surface area contributed by atoms with Crippen LogP contribution in [-0.4, -0.2) is 11.1 Å². The molecule has 0 aromatic heterocycles. The van der Waals surface area contributed by atoms with Gasteiger partial charge in [0.1, 0.15) is 0 Å². The molecule has 0 aliphatic carbocycles. The smallest absolute Gasteiger partial charge is 0.259 e. The van der Waals surface area contributed by atoms with E-state index in [9.17, 15) is 10.1 Å². The van der Waals surface area contributed by atoms with Crippen molar-refractivity contribution >= 4 is 18.0 Å². The first-order valence-corrected chi connectivity index (χ1v) is 3.86. The van der Waals surface area contributed by atoms with Gasteiger partial charge in [0.05, 0.1) is 4.92 Å². The predicted molar refractivity (Wildman–Crippen MR) is 44.9 cm³/mol. The summed E-state index contributed by atoms with van der Waals surface area (Å²) in [5.74, 6) is 0. The maximum atomic E-state index is 10.00. The summed E-state index contributed by atoms with van der Waals surface area (Å²) in [6.45, 7) is 0. The second kappa shape index (κ2) is 3.92. The van der Waals surface area contributed by atoms with Gasteiger partial charge in [-0.05, 0) is 5.41 Å². The van der Waals surface area contributed by atoms with Crippen molar-refractivity contribution in [3.8, 4) is 0 Å². The van der Waals surface area contributed by atoms with E-state index in [1.807, 2.05) is 6.08 Å². The van der Waals surface area contributed by atoms with Gasteiger partial charge in [0.2, 0.25) is 0 Å². The maximum absolute atomic E-state index is 10.00. The second-order valence-electron chi connectivity index (χ2n) is 1.79. The van der Waals surface area contributed by atoms with Gasteiger partial charge in [-0.3, -0.25) is 10.1 Å². The molecule has 1 heterocycles. The van der Waals surface area contributed by atoms with Crippen LogP contribution in [0.5, 0.6) is 0 Å². The quantitative estimate of drug-likeness (QED) is 0.445. The van der Waals surface area contributed by atoms with E-state index in [1.165, 1.54) is 11.8 Å². The first-order chi connectivity index (χ1) is 5.29. The molecule has 0 aromatic carbocycles. The second-order valence-corrected chi connectivity index (χ2v) is 2.72. The number of aliphatic imine (C=N–C) groups is 1. The van der Waals surface area contributed by atoms with Gasteiger partial charge in [-0.15, -0.1) is 0 Å². The van der Waals surface area contributed by atoms with Gasteiger partial charge >= 0.3 is 0 Å². The van der Waals surface area contributed by atoms with Gasteiger partial charge in [0.15, 0.2) is 5.03 Å². The summed E-state index contributed by atoms with van der Waals surface area (Å²) in [7, 11) is 0. The Balaban J connectivity index is 2.71. The largest absolute Gasteiger partial charge is 0.266 e. The average molecular weight is 170 g/mol. The Labute approximate surface area is 67.9 Å². The van der Waals surface area contributed by atoms with E-state index in [-0.39, 0.29) is 0 Å². The highest BCUT2D eigenvalue weighted by Gasteiger charge is 2.00. The van der Waals surface area contributed by atoms with Gasteiger partial charge < -0.3 is 0 Å². The summed E-state index contributed by atoms with van der Waals surface area (Å²) in [5.41, 5.74) is 0. The summed E-state index contributed by atoms with van der Waals surface area (Å²) in [6.07, 6.45) is 5.18. The highest BCUT2D eigenvalue weighted by molar-refractivity contribution is 8.05. The molecule has 0 atom stereocenters. The van der Waals surface area contributed by atoms with Crippen molar-refractivity contribution in [2.45, 2.75) is 6.42 Å². The third-order valence-corrected chi connectivity index (χ3v) is 1.74. The van der Waals surface area contributed by atoms with Crippen molar-refractivity contribution in [3.05, 3.63) is 32.8 Å². The molecule has 0 fully saturated rings. The van der Waals surface area contributed by atoms with Crippen molar-refractivity contribution in [1.82, 2.24) is 0 Å². The van der Waals surface area contributed by atoms with E-state index in [1.54, 1.807) is 11.6 Å². The van der Waals surface area contributed by atoms with Crippen molar-refractivity contribution in [3.63, 3.8) is 0 Å². The molecule has 0 saturated heterocycles. The Morgan fingerprint density at radius 3 is 3.36 bits per heavy atom. The van der Waals surface area contributed by atoms with Crippen molar-refractivity contribution in [2.75, 3.05) is 0 Å². The lowest BCUT2D eigenvalue weighted by Crippen LogP contribution is -1.84. The van der Waals surface area contributed by atoms with Gasteiger partial charge in [-0.2, -0.15) is 0 Å². The number of nitro groups is 1. The Morgan fingerprint density at radius 1 is 1.82 bits per heavy atom. The molecule has 1 rings (SSSR count). The summed E-state index contributed by atoms with van der Waals surface area (Å²) < 4.78 is 0. The predicted octanol–water partition coefficient (Wildman–Crippen LogP) is 1.78. The minimum atomic E-state index is -0.501. The third kappa shape index (κ3) is 2.99. The Morgan fingerprint density at radius 2 is 2.64 bits per heavy atom. The van der Waals surface area contributed by atoms with Gasteiger partial charge in [0, 0.05) is 12.6 Å². The number of hydrogen-bond acceptors (Lipinski definition) is 4. The van der Waals surface area contributed by atoms with Crippen LogP contribution < -0.4 is 0 Å². The van der Waals surface area contributed by atoms with Crippen LogP contribution >= 0.6 is 11.8 Å². The SMILES string of the molecule is O=[N+]([O-])C=C1N=CCC=CS1. The zero-order chi connectivity index (χ0) is 8.10. The van der Waals surface area contributed by atoms with Crippen LogP contribution in [0.4, 0.5) is 0 Å². The third-order valence-electron chi connectivity index (χ3n) is 0.961. The van der Waals surface area contributed by atoms with Crippen LogP contribution in [0.1, 0.15) is 6.42 Å². The highest BCUT2D eigenvalue weighted by atomic mass is 32.2. The number of hydrogen-bond donors (Lipinski definition) is 0. The van der Waals surface area contributed by atoms with Crippen molar-refractivity contribution < 1.29 is 4.92 Å². The molecule has 4 nitrogen and oxygen atoms in total. The van der Waals surface area contributed by atoms with Gasteiger partial charge in [-0.1, -0.05) is 17.8 Å². The molecule has 0 unspecified atom stereocenters. The van der Waals surface area contributed by atoms with Crippen molar-refractivity contribution in [1.29, 1.82) is 0 Å². The van der Waals surface area contributed by atoms with Crippen LogP contribution in [0.25, 0.3) is 0 Å². The zero-order valence-electron chi connectivity index (χ0n) is 5.64. The molecule has 0 N–H and O–H groups in total. The number of rotatable bonds is 1. The van der Waals surface area contributed by atoms with E-state index >= 15 is 0 Å². The molecule has 0 amide bonds. The molecule has 5 heteroatoms. The topological polar surface area (TPSA) is 55.5 Å². The maximum Gasteiger partial charge on any atom is 0.266 e. The molecule has 1 aliphatic heterocycles. The van der Waals surface area contributed by atoms with Crippen LogP contribution in [0.2, 0.25) is 0 Å². The summed E-state index contributed by atoms with van der Waals surface area (Å²) in [4.78, 5) is 13.4. The standard InChI is InChI=1S/C6H6N2O2S/c9-8(10)5-6-7-3-1-2-4-11-6/h2-5H,1H2. The first kappa shape index (κ1) is 8.00. The number of thioether (sulfide) groups is 1. The molecule has 0 saturated carbocycles. The summed E-state index contributed by atoms with van der Waals surface area (Å²) in [6, 6.07) is 0. The minimum absolute atomic E-state index is 0.420. The zero-order valence-corrected chi connectivity index (χ0v) is 6.45. The van der Waals surface area contributed by atoms with Gasteiger partial charge in [-0.25, -0.2) is 4.99 Å². The van der Waals surface area contributed by atoms with Crippen LogP contribution in [0.15, 0.2) is 27.7 Å². The molecule has 0 bridgehead atoms. The van der Waals surface area contributed by atoms with E-state index in [4.69, 9.17) is 0 Å². The van der Waals surface area contributed by atoms with E-state index < -0.39 is 4.92 Å². The van der Waals surface area contributed by atoms with Crippen LogP contribution in [0.3, 0.4) is 0 Å². The Bertz CT molecular complexity index is 245. The molecular formula is C6H6N2O2S. The number of nitrogens with zero attached hydrogens (tertiary/aromatic N) is 2. The average Bonchev–Trinajstić information content (AvgIpc) is 2.14. The first-order valence-electron chi connectivity index (χ1n) is 2.98. The normalized spacial score (nSPS) is 20.2. The Hall–Kier alpha value is -1.10. The van der Waals surface area contributed by atoms with Crippen LogP contribution in [-0.2, 0) is 0 Å². The highest BCUT2D eigenvalue weighted by Crippen LogP contribution is 2.19. The molecule has 0 aromatic rings. The molecule has 11 heavy (non-hydrogen) atoms. The van der Waals surface area contributed by atoms with Gasteiger partial charge in [0.25, 0.3) is 6.20 Å². The van der Waals surface area contributed by atoms with E-state index in [0.29, 0.717) is 5.03 Å². The lowest BCUT2D eigenvalue weighted by atomic mass is 10.5. The molecule has 1 aliphatic rings. The fourth-order valence-electron chi connectivity index (χ4n) is 0.561. The lowest BCUT2D eigenvalue weighted by molar-refractivity contribution is -0.402. The Kier molecular flexibility index (Phi) is 2.85. The molecule has 0 radical (unpaired) electrons. The molecule has 0 spiro atoms. The molecular weight excluding hydrogens is 164 g/mol. The van der Waals surface area contributed by atoms with E-state index in [0.717, 1.165) is 12.6 Å². The van der Waals surface area contributed by atoms with Crippen molar-refractivity contribution in [2.24, 2.45) is 4.99 Å². The monoisotopic (exact) mass is 170 g/mol. The number of allylic oxidation sites excluding steroid dienone is 1. The summed E-state index contributed by atoms with van der Waals surface area (Å²) >= 11 is 1.25. The fraction of sp³-hybridized carbons (Fsp3) is 0.167. The van der Waals surface area contributed by atoms with E-state index in [2.05, 4.69) is 4.99 Å². The molecule has 58 valence electrons. The minimum Gasteiger partial charge on any atom is -0.259 e. The lowest BCUT2D eigenvalue weighted by Gasteiger charge is -1.87. The van der Waals surface area contributed by atoms with Crippen LogP contribution in [0, 0.1) is 10.1 Å². The fourth-order valence-corrected chi connectivity index (χ4v) is 1.19. The summed E-state index contributed by atoms with van der Waals surface area (Å²) in [5, 5.41) is 12.2.